The zero-order valence-corrected chi connectivity index (χ0v) is 19.2. The Morgan fingerprint density at radius 2 is 1.88 bits per heavy atom. The number of rotatable bonds is 5. The summed E-state index contributed by atoms with van der Waals surface area (Å²) in [6.45, 7) is 5.85. The number of carbonyl (C=O) groups excluding carboxylic acids is 2. The first-order chi connectivity index (χ1) is 15.8. The van der Waals surface area contributed by atoms with Crippen LogP contribution in [0.2, 0.25) is 0 Å². The topological polar surface area (TPSA) is 126 Å². The Balaban J connectivity index is 1.65. The Kier molecular flexibility index (Phi) is 6.26. The fourth-order valence-electron chi connectivity index (χ4n) is 4.70. The molecular formula is C23H29N5O5. The van der Waals surface area contributed by atoms with Gasteiger partial charge in [0.25, 0.3) is 5.56 Å². The molecule has 1 fully saturated rings. The molecule has 10 nitrogen and oxygen atoms in total. The van der Waals surface area contributed by atoms with Crippen molar-refractivity contribution >= 4 is 29.3 Å². The minimum Gasteiger partial charge on any atom is -0.497 e. The van der Waals surface area contributed by atoms with E-state index >= 15 is 0 Å². The summed E-state index contributed by atoms with van der Waals surface area (Å²) < 4.78 is 10.5. The zero-order valence-electron chi connectivity index (χ0n) is 19.2. The maximum absolute atomic E-state index is 13.2. The molecule has 1 aromatic heterocycles. The number of hydrogen-bond acceptors (Lipinski definition) is 7. The van der Waals surface area contributed by atoms with E-state index in [0.29, 0.717) is 35.0 Å². The fraction of sp³-hybridized carbons (Fsp3) is 0.478. The highest BCUT2D eigenvalue weighted by Crippen LogP contribution is 2.34. The van der Waals surface area contributed by atoms with Crippen LogP contribution in [0.15, 0.2) is 23.0 Å². The standard InChI is InChI=1S/C23H29N5O5/c1-12-7-13(2)11-28(10-12)23-26-20-19(22(31)27-23)15(9-18(29)25-20)21(30)24-16-8-14(32-3)5-6-17(16)33-4/h5-6,8,12-13,15H,7,9-11H2,1-4H3,(H,24,30)(H2,25,26,27,29,31)/t12-,13-,15+/m0/s1. The Labute approximate surface area is 191 Å². The van der Waals surface area contributed by atoms with Crippen LogP contribution in [-0.2, 0) is 9.59 Å². The molecule has 0 radical (unpaired) electrons. The minimum atomic E-state index is -0.992. The average Bonchev–Trinajstić information content (AvgIpc) is 2.77. The lowest BCUT2D eigenvalue weighted by molar-refractivity contribution is -0.123. The predicted octanol–water partition coefficient (Wildman–Crippen LogP) is 2.33. The van der Waals surface area contributed by atoms with Crippen molar-refractivity contribution in [3.63, 3.8) is 0 Å². The van der Waals surface area contributed by atoms with Crippen LogP contribution in [0.3, 0.4) is 0 Å². The van der Waals surface area contributed by atoms with Gasteiger partial charge in [-0.25, -0.2) is 0 Å². The van der Waals surface area contributed by atoms with Crippen molar-refractivity contribution in [1.29, 1.82) is 0 Å². The van der Waals surface area contributed by atoms with Crippen molar-refractivity contribution in [1.82, 2.24) is 9.97 Å². The summed E-state index contributed by atoms with van der Waals surface area (Å²) >= 11 is 0. The first kappa shape index (κ1) is 22.6. The van der Waals surface area contributed by atoms with E-state index in [1.165, 1.54) is 14.2 Å². The minimum absolute atomic E-state index is 0.133. The van der Waals surface area contributed by atoms with Crippen LogP contribution < -0.4 is 30.6 Å². The molecular weight excluding hydrogens is 426 g/mol. The lowest BCUT2D eigenvalue weighted by Crippen LogP contribution is -2.42. The lowest BCUT2D eigenvalue weighted by atomic mass is 9.91. The van der Waals surface area contributed by atoms with Crippen LogP contribution in [0.25, 0.3) is 0 Å². The van der Waals surface area contributed by atoms with E-state index in [4.69, 9.17) is 9.47 Å². The fourth-order valence-corrected chi connectivity index (χ4v) is 4.70. The molecule has 2 aliphatic rings. The number of methoxy groups -OCH3 is 2. The number of benzene rings is 1. The SMILES string of the molecule is COc1ccc(OC)c(NC(=O)[C@@H]2CC(=O)Nc3nc(N4C[C@@H](C)C[C@H](C)C4)[nH]c(=O)c32)c1. The van der Waals surface area contributed by atoms with Gasteiger partial charge in [0.1, 0.15) is 17.3 Å². The molecule has 33 heavy (non-hydrogen) atoms. The summed E-state index contributed by atoms with van der Waals surface area (Å²) in [5.74, 6) is 0.558. The van der Waals surface area contributed by atoms with Crippen molar-refractivity contribution in [2.24, 2.45) is 11.8 Å². The number of hydrogen-bond donors (Lipinski definition) is 3. The molecule has 3 N–H and O–H groups in total. The van der Waals surface area contributed by atoms with E-state index in [1.54, 1.807) is 18.2 Å². The molecule has 3 atom stereocenters. The number of nitrogens with zero attached hydrogens (tertiary/aromatic N) is 2. The average molecular weight is 456 g/mol. The highest BCUT2D eigenvalue weighted by molar-refractivity contribution is 6.05. The van der Waals surface area contributed by atoms with E-state index in [2.05, 4.69) is 34.4 Å². The van der Waals surface area contributed by atoms with Crippen LogP contribution in [0, 0.1) is 11.8 Å². The third kappa shape index (κ3) is 4.64. The summed E-state index contributed by atoms with van der Waals surface area (Å²) in [5, 5.41) is 5.44. The molecule has 1 aromatic carbocycles. The maximum Gasteiger partial charge on any atom is 0.258 e. The van der Waals surface area contributed by atoms with Gasteiger partial charge in [-0.05, 0) is 30.4 Å². The molecule has 0 saturated carbocycles. The van der Waals surface area contributed by atoms with Gasteiger partial charge in [-0.3, -0.25) is 19.4 Å². The molecule has 2 aromatic rings. The Hall–Kier alpha value is -3.56. The first-order valence-electron chi connectivity index (χ1n) is 11.0. The molecule has 10 heteroatoms. The number of nitrogens with one attached hydrogen (secondary N) is 3. The summed E-state index contributed by atoms with van der Waals surface area (Å²) in [6.07, 6.45) is 0.950. The van der Waals surface area contributed by atoms with Gasteiger partial charge in [-0.15, -0.1) is 0 Å². The lowest BCUT2D eigenvalue weighted by Gasteiger charge is -2.35. The first-order valence-corrected chi connectivity index (χ1v) is 11.0. The van der Waals surface area contributed by atoms with Crippen molar-refractivity contribution in [3.8, 4) is 11.5 Å². The molecule has 1 saturated heterocycles. The summed E-state index contributed by atoms with van der Waals surface area (Å²) in [5.41, 5.74) is 0.0983. The van der Waals surface area contributed by atoms with Crippen LogP contribution in [-0.4, -0.2) is 49.1 Å². The summed E-state index contributed by atoms with van der Waals surface area (Å²) in [7, 11) is 3.00. The number of anilines is 3. The largest absolute Gasteiger partial charge is 0.497 e. The summed E-state index contributed by atoms with van der Waals surface area (Å²) in [4.78, 5) is 48.1. The second-order valence-corrected chi connectivity index (χ2v) is 8.86. The van der Waals surface area contributed by atoms with Gasteiger partial charge in [-0.1, -0.05) is 13.8 Å². The van der Waals surface area contributed by atoms with Crippen molar-refractivity contribution in [2.75, 3.05) is 42.8 Å². The number of carbonyl (C=O) groups is 2. The van der Waals surface area contributed by atoms with Crippen molar-refractivity contribution < 1.29 is 19.1 Å². The molecule has 2 aliphatic heterocycles. The Bertz CT molecular complexity index is 1120. The number of ether oxygens (including phenoxy) is 2. The quantitative estimate of drug-likeness (QED) is 0.632. The van der Waals surface area contributed by atoms with Crippen LogP contribution in [0.5, 0.6) is 11.5 Å². The number of fused-ring (bicyclic) bond motifs is 1. The van der Waals surface area contributed by atoms with Crippen LogP contribution in [0.4, 0.5) is 17.5 Å². The van der Waals surface area contributed by atoms with Gasteiger partial charge >= 0.3 is 0 Å². The van der Waals surface area contributed by atoms with Gasteiger partial charge in [0.2, 0.25) is 17.8 Å². The molecule has 176 valence electrons. The molecule has 0 aliphatic carbocycles. The third-order valence-electron chi connectivity index (χ3n) is 6.09. The highest BCUT2D eigenvalue weighted by atomic mass is 16.5. The number of amides is 2. The van der Waals surface area contributed by atoms with Crippen LogP contribution in [0.1, 0.15) is 38.2 Å². The van der Waals surface area contributed by atoms with E-state index in [9.17, 15) is 14.4 Å². The van der Waals surface area contributed by atoms with Crippen molar-refractivity contribution in [3.05, 3.63) is 34.1 Å². The van der Waals surface area contributed by atoms with E-state index in [0.717, 1.165) is 19.5 Å². The maximum atomic E-state index is 13.2. The van der Waals surface area contributed by atoms with Gasteiger partial charge in [-0.2, -0.15) is 4.98 Å². The smallest absolute Gasteiger partial charge is 0.258 e. The van der Waals surface area contributed by atoms with E-state index in [-0.39, 0.29) is 23.7 Å². The molecule has 0 bridgehead atoms. The monoisotopic (exact) mass is 455 g/mol. The number of aromatic amines is 1. The number of H-pyrrole nitrogens is 1. The number of piperidine rings is 1. The van der Waals surface area contributed by atoms with E-state index < -0.39 is 17.4 Å². The Morgan fingerprint density at radius 1 is 1.15 bits per heavy atom. The highest BCUT2D eigenvalue weighted by Gasteiger charge is 2.36. The van der Waals surface area contributed by atoms with Gasteiger partial charge in [0.15, 0.2) is 0 Å². The summed E-state index contributed by atoms with van der Waals surface area (Å²) in [6, 6.07) is 4.98. The normalized spacial score (nSPS) is 22.2. The molecule has 3 heterocycles. The zero-order chi connectivity index (χ0) is 23.7. The van der Waals surface area contributed by atoms with Gasteiger partial charge in [0.05, 0.1) is 31.4 Å². The van der Waals surface area contributed by atoms with Crippen LogP contribution >= 0.6 is 0 Å². The molecule has 4 rings (SSSR count). The molecule has 0 spiro atoms. The number of aromatic nitrogens is 2. The molecule has 2 amide bonds. The predicted molar refractivity (Wildman–Crippen MR) is 124 cm³/mol. The second kappa shape index (κ2) is 9.13. The van der Waals surface area contributed by atoms with Gasteiger partial charge in [0, 0.05) is 25.6 Å². The van der Waals surface area contributed by atoms with Crippen molar-refractivity contribution in [2.45, 2.75) is 32.6 Å². The third-order valence-corrected chi connectivity index (χ3v) is 6.09. The van der Waals surface area contributed by atoms with Gasteiger partial charge < -0.3 is 25.0 Å². The Morgan fingerprint density at radius 3 is 2.55 bits per heavy atom. The molecule has 0 unspecified atom stereocenters. The van der Waals surface area contributed by atoms with E-state index in [1.807, 2.05) is 4.90 Å². The second-order valence-electron chi connectivity index (χ2n) is 8.86.